The number of rotatable bonds is 6. The van der Waals surface area contributed by atoms with Gasteiger partial charge in [-0.1, -0.05) is 30.6 Å². The van der Waals surface area contributed by atoms with E-state index >= 15 is 0 Å². The molecule has 0 spiro atoms. The SMILES string of the molecule is CCc1noc(CC)c1CNC(=NC)NCc1cc(Cl)c2c(c1)OCCO2. The van der Waals surface area contributed by atoms with Gasteiger partial charge >= 0.3 is 0 Å². The molecule has 1 aliphatic rings. The lowest BCUT2D eigenvalue weighted by molar-refractivity contribution is 0.171. The lowest BCUT2D eigenvalue weighted by atomic mass is 10.1. The summed E-state index contributed by atoms with van der Waals surface area (Å²) in [6.45, 7) is 6.34. The molecule has 1 aliphatic heterocycles. The number of aryl methyl sites for hydroxylation is 2. The molecule has 0 unspecified atom stereocenters. The van der Waals surface area contributed by atoms with E-state index in [1.807, 2.05) is 12.1 Å². The highest BCUT2D eigenvalue weighted by molar-refractivity contribution is 6.32. The zero-order valence-electron chi connectivity index (χ0n) is 15.9. The van der Waals surface area contributed by atoms with Crippen molar-refractivity contribution in [1.82, 2.24) is 15.8 Å². The lowest BCUT2D eigenvalue weighted by Gasteiger charge is -2.20. The fourth-order valence-corrected chi connectivity index (χ4v) is 3.27. The van der Waals surface area contributed by atoms with Crippen molar-refractivity contribution in [2.24, 2.45) is 4.99 Å². The summed E-state index contributed by atoms with van der Waals surface area (Å²) in [5.41, 5.74) is 3.07. The molecule has 8 heteroatoms. The summed E-state index contributed by atoms with van der Waals surface area (Å²) in [5, 5.41) is 11.3. The maximum atomic E-state index is 6.30. The standard InChI is InChI=1S/C19H25ClN4O3/c1-4-15-13(16(5-2)27-24-15)11-23-19(21-3)22-10-12-8-14(20)18-17(9-12)25-6-7-26-18/h8-9H,4-7,10-11H2,1-3H3,(H2,21,22,23). The van der Waals surface area contributed by atoms with Gasteiger partial charge in [-0.05, 0) is 24.1 Å². The van der Waals surface area contributed by atoms with Gasteiger partial charge in [-0.15, -0.1) is 0 Å². The molecule has 2 N–H and O–H groups in total. The van der Waals surface area contributed by atoms with Gasteiger partial charge in [0.15, 0.2) is 17.5 Å². The van der Waals surface area contributed by atoms with Crippen molar-refractivity contribution >= 4 is 17.6 Å². The molecule has 0 fully saturated rings. The van der Waals surface area contributed by atoms with Crippen LogP contribution < -0.4 is 20.1 Å². The van der Waals surface area contributed by atoms with Crippen LogP contribution >= 0.6 is 11.6 Å². The second-order valence-electron chi connectivity index (χ2n) is 6.12. The van der Waals surface area contributed by atoms with Gasteiger partial charge in [-0.3, -0.25) is 4.99 Å². The van der Waals surface area contributed by atoms with E-state index in [2.05, 4.69) is 34.6 Å². The number of fused-ring (bicyclic) bond motifs is 1. The van der Waals surface area contributed by atoms with Crippen LogP contribution in [0.1, 0.15) is 36.4 Å². The van der Waals surface area contributed by atoms with Crippen LogP contribution in [0.3, 0.4) is 0 Å². The topological polar surface area (TPSA) is 80.9 Å². The Kier molecular flexibility index (Phi) is 6.45. The maximum Gasteiger partial charge on any atom is 0.191 e. The highest BCUT2D eigenvalue weighted by Crippen LogP contribution is 2.38. The fraction of sp³-hybridized carbons (Fsp3) is 0.474. The summed E-state index contributed by atoms with van der Waals surface area (Å²) >= 11 is 6.30. The van der Waals surface area contributed by atoms with Gasteiger partial charge in [0.25, 0.3) is 0 Å². The molecule has 7 nitrogen and oxygen atoms in total. The van der Waals surface area contributed by atoms with Crippen LogP contribution in [0, 0.1) is 0 Å². The van der Waals surface area contributed by atoms with Crippen LogP contribution in [0.15, 0.2) is 21.6 Å². The third kappa shape index (κ3) is 4.47. The van der Waals surface area contributed by atoms with Gasteiger partial charge in [0.05, 0.1) is 10.7 Å². The molecule has 2 heterocycles. The van der Waals surface area contributed by atoms with Gasteiger partial charge in [-0.25, -0.2) is 0 Å². The third-order valence-corrected chi connectivity index (χ3v) is 4.66. The molecular weight excluding hydrogens is 368 g/mol. The zero-order chi connectivity index (χ0) is 19.2. The molecule has 0 radical (unpaired) electrons. The summed E-state index contributed by atoms with van der Waals surface area (Å²) in [4.78, 5) is 4.28. The van der Waals surface area contributed by atoms with Gasteiger partial charge in [0.1, 0.15) is 19.0 Å². The monoisotopic (exact) mass is 392 g/mol. The smallest absolute Gasteiger partial charge is 0.191 e. The molecule has 0 atom stereocenters. The Balaban J connectivity index is 1.62. The number of nitrogens with one attached hydrogen (secondary N) is 2. The first kappa shape index (κ1) is 19.4. The highest BCUT2D eigenvalue weighted by atomic mass is 35.5. The molecule has 0 saturated heterocycles. The summed E-state index contributed by atoms with van der Waals surface area (Å²) in [6, 6.07) is 3.81. The molecule has 0 saturated carbocycles. The van der Waals surface area contributed by atoms with Gasteiger partial charge in [0, 0.05) is 32.1 Å². The van der Waals surface area contributed by atoms with Gasteiger partial charge in [-0.2, -0.15) is 0 Å². The number of nitrogens with zero attached hydrogens (tertiary/aromatic N) is 2. The Morgan fingerprint density at radius 3 is 2.67 bits per heavy atom. The van der Waals surface area contributed by atoms with Crippen LogP contribution in [0.5, 0.6) is 11.5 Å². The van der Waals surface area contributed by atoms with E-state index in [-0.39, 0.29) is 0 Å². The maximum absolute atomic E-state index is 6.30. The second-order valence-corrected chi connectivity index (χ2v) is 6.53. The Morgan fingerprint density at radius 1 is 1.15 bits per heavy atom. The zero-order valence-corrected chi connectivity index (χ0v) is 16.7. The first-order valence-corrected chi connectivity index (χ1v) is 9.52. The molecule has 0 aliphatic carbocycles. The van der Waals surface area contributed by atoms with Crippen molar-refractivity contribution in [1.29, 1.82) is 0 Å². The van der Waals surface area contributed by atoms with E-state index in [1.165, 1.54) is 0 Å². The molecule has 1 aromatic carbocycles. The first-order chi connectivity index (χ1) is 13.2. The van der Waals surface area contributed by atoms with Crippen LogP contribution in [-0.4, -0.2) is 31.4 Å². The normalized spacial score (nSPS) is 13.6. The number of benzene rings is 1. The number of guanidine groups is 1. The third-order valence-electron chi connectivity index (χ3n) is 4.38. The van der Waals surface area contributed by atoms with E-state index in [1.54, 1.807) is 7.05 Å². The number of ether oxygens (including phenoxy) is 2. The number of hydrogen-bond acceptors (Lipinski definition) is 5. The molecule has 0 amide bonds. The van der Waals surface area contributed by atoms with Crippen molar-refractivity contribution in [3.63, 3.8) is 0 Å². The predicted octanol–water partition coefficient (Wildman–Crippen LogP) is 3.09. The number of aromatic nitrogens is 1. The fourth-order valence-electron chi connectivity index (χ4n) is 2.98. The van der Waals surface area contributed by atoms with Crippen LogP contribution in [-0.2, 0) is 25.9 Å². The summed E-state index contributed by atoms with van der Waals surface area (Å²) in [7, 11) is 1.74. The van der Waals surface area contributed by atoms with E-state index in [4.69, 9.17) is 25.6 Å². The minimum absolute atomic E-state index is 0.517. The molecular formula is C19H25ClN4O3. The first-order valence-electron chi connectivity index (χ1n) is 9.15. The largest absolute Gasteiger partial charge is 0.486 e. The number of aliphatic imine (C=N–C) groups is 1. The van der Waals surface area contributed by atoms with Crippen LogP contribution in [0.4, 0.5) is 0 Å². The summed E-state index contributed by atoms with van der Waals surface area (Å²) in [5.74, 6) is 2.89. The van der Waals surface area contributed by atoms with Crippen LogP contribution in [0.2, 0.25) is 5.02 Å². The highest BCUT2D eigenvalue weighted by Gasteiger charge is 2.17. The van der Waals surface area contributed by atoms with E-state index in [9.17, 15) is 0 Å². The predicted molar refractivity (Wildman–Crippen MR) is 105 cm³/mol. The minimum Gasteiger partial charge on any atom is -0.486 e. The Morgan fingerprint density at radius 2 is 1.93 bits per heavy atom. The molecule has 27 heavy (non-hydrogen) atoms. The van der Waals surface area contributed by atoms with Crippen LogP contribution in [0.25, 0.3) is 0 Å². The summed E-state index contributed by atoms with van der Waals surface area (Å²) in [6.07, 6.45) is 1.65. The van der Waals surface area contributed by atoms with Gasteiger partial charge < -0.3 is 24.6 Å². The van der Waals surface area contributed by atoms with E-state index in [0.717, 1.165) is 35.4 Å². The average Bonchev–Trinajstić information content (AvgIpc) is 3.10. The minimum atomic E-state index is 0.517. The molecule has 146 valence electrons. The van der Waals surface area contributed by atoms with Crippen molar-refractivity contribution in [3.8, 4) is 11.5 Å². The molecule has 3 rings (SSSR count). The van der Waals surface area contributed by atoms with E-state index < -0.39 is 0 Å². The quantitative estimate of drug-likeness (QED) is 0.580. The van der Waals surface area contributed by atoms with E-state index in [0.29, 0.717) is 48.8 Å². The van der Waals surface area contributed by atoms with Crippen molar-refractivity contribution in [2.45, 2.75) is 39.8 Å². The Bertz CT molecular complexity index is 798. The van der Waals surface area contributed by atoms with Crippen molar-refractivity contribution < 1.29 is 14.0 Å². The Hall–Kier alpha value is -2.41. The second kappa shape index (κ2) is 8.99. The Labute approximate surface area is 164 Å². The lowest BCUT2D eigenvalue weighted by Crippen LogP contribution is -2.36. The molecule has 2 aromatic rings. The van der Waals surface area contributed by atoms with Crippen molar-refractivity contribution in [2.75, 3.05) is 20.3 Å². The number of halogens is 1. The number of hydrogen-bond donors (Lipinski definition) is 2. The molecule has 0 bridgehead atoms. The molecule has 1 aromatic heterocycles. The van der Waals surface area contributed by atoms with Gasteiger partial charge in [0.2, 0.25) is 0 Å². The summed E-state index contributed by atoms with van der Waals surface area (Å²) < 4.78 is 16.6. The van der Waals surface area contributed by atoms with Crippen molar-refractivity contribution in [3.05, 3.63) is 39.7 Å². The average molecular weight is 393 g/mol.